The lowest BCUT2D eigenvalue weighted by Gasteiger charge is -2.21. The Labute approximate surface area is 396 Å². The van der Waals surface area contributed by atoms with Gasteiger partial charge in [-0.3, -0.25) is 0 Å². The van der Waals surface area contributed by atoms with Crippen LogP contribution >= 0.6 is 0 Å². The zero-order valence-corrected chi connectivity index (χ0v) is 37.4. The minimum absolute atomic E-state index is 1.17. The lowest BCUT2D eigenvalue weighted by Crippen LogP contribution is -1.94. The number of fused-ring (bicyclic) bond motifs is 5. The molecule has 0 nitrogen and oxygen atoms in total. The normalized spacial score (nSPS) is 11.5. The Balaban J connectivity index is 1.10. The van der Waals surface area contributed by atoms with E-state index in [1.165, 1.54) is 132 Å². The summed E-state index contributed by atoms with van der Waals surface area (Å²) in [6.45, 7) is 0. The molecule has 0 atom stereocenters. The first-order chi connectivity index (χ1) is 33.8. The summed E-state index contributed by atoms with van der Waals surface area (Å²) in [5.74, 6) is 0. The van der Waals surface area contributed by atoms with E-state index in [-0.39, 0.29) is 0 Å². The molecule has 0 unspecified atom stereocenters. The summed E-state index contributed by atoms with van der Waals surface area (Å²) in [5.41, 5.74) is 17.1. The third kappa shape index (κ3) is 6.61. The van der Waals surface area contributed by atoms with Crippen molar-refractivity contribution in [1.29, 1.82) is 0 Å². The van der Waals surface area contributed by atoms with E-state index in [0.717, 1.165) is 0 Å². The Morgan fingerprint density at radius 3 is 0.765 bits per heavy atom. The molecule has 316 valence electrons. The molecule has 13 rings (SSSR count). The highest BCUT2D eigenvalue weighted by molar-refractivity contribution is 6.24. The molecule has 0 bridgehead atoms. The van der Waals surface area contributed by atoms with E-state index in [1.54, 1.807) is 0 Å². The molecule has 0 heteroatoms. The van der Waals surface area contributed by atoms with Gasteiger partial charge in [0.15, 0.2) is 0 Å². The second kappa shape index (κ2) is 16.5. The van der Waals surface area contributed by atoms with Crippen LogP contribution in [0.3, 0.4) is 0 Å². The van der Waals surface area contributed by atoms with Gasteiger partial charge in [-0.2, -0.15) is 0 Å². The summed E-state index contributed by atoms with van der Waals surface area (Å²) < 4.78 is 0. The highest BCUT2D eigenvalue weighted by Crippen LogP contribution is 2.49. The van der Waals surface area contributed by atoms with Gasteiger partial charge in [-0.25, -0.2) is 0 Å². The Kier molecular flexibility index (Phi) is 9.62. The number of hydrogen-bond acceptors (Lipinski definition) is 0. The van der Waals surface area contributed by atoms with Gasteiger partial charge in [-0.1, -0.05) is 243 Å². The highest BCUT2D eigenvalue weighted by Gasteiger charge is 2.21. The van der Waals surface area contributed by atoms with E-state index >= 15 is 0 Å². The maximum atomic E-state index is 2.47. The van der Waals surface area contributed by atoms with Gasteiger partial charge >= 0.3 is 0 Å². The van der Waals surface area contributed by atoms with Gasteiger partial charge in [0, 0.05) is 0 Å². The first kappa shape index (κ1) is 39.5. The Hall–Kier alpha value is -8.84. The molecule has 13 aromatic rings. The van der Waals surface area contributed by atoms with Gasteiger partial charge < -0.3 is 0 Å². The van der Waals surface area contributed by atoms with Crippen molar-refractivity contribution in [2.75, 3.05) is 0 Å². The van der Waals surface area contributed by atoms with E-state index in [4.69, 9.17) is 0 Å². The summed E-state index contributed by atoms with van der Waals surface area (Å²) in [6.07, 6.45) is 0. The van der Waals surface area contributed by atoms with Crippen LogP contribution in [0.15, 0.2) is 267 Å². The molecule has 0 aliphatic heterocycles. The van der Waals surface area contributed by atoms with Crippen LogP contribution < -0.4 is 0 Å². The molecular formula is C68H44. The maximum absolute atomic E-state index is 2.47. The standard InChI is InChI=1S/C68H44/c1-4-21-45(22-5-1)53-39-40-54(56-30-11-10-29-55(53)56)49-28-20-27-48(41-49)50-42-51(67-61-35-16-12-31-57(61)65(46-23-6-2-7-24-46)58-32-13-17-36-62(58)67)44-52(43-50)68-63-37-18-14-33-59(63)66(47-25-8-3-9-26-47)60-34-15-19-38-64(60)68/h1-44H. The first-order valence-electron chi connectivity index (χ1n) is 23.6. The van der Waals surface area contributed by atoms with E-state index in [2.05, 4.69) is 267 Å². The summed E-state index contributed by atoms with van der Waals surface area (Å²) in [7, 11) is 0. The molecule has 0 radical (unpaired) electrons. The van der Waals surface area contributed by atoms with Crippen LogP contribution in [0.1, 0.15) is 0 Å². The minimum atomic E-state index is 1.17. The average molecular weight is 861 g/mol. The third-order valence-electron chi connectivity index (χ3n) is 14.0. The number of hydrogen-bond donors (Lipinski definition) is 0. The molecule has 0 fully saturated rings. The molecule has 0 saturated carbocycles. The predicted molar refractivity (Wildman–Crippen MR) is 292 cm³/mol. The summed E-state index contributed by atoms with van der Waals surface area (Å²) in [6, 6.07) is 98.5. The van der Waals surface area contributed by atoms with Gasteiger partial charge in [0.05, 0.1) is 0 Å². The fourth-order valence-electron chi connectivity index (χ4n) is 11.1. The van der Waals surface area contributed by atoms with Crippen molar-refractivity contribution in [2.45, 2.75) is 0 Å². The van der Waals surface area contributed by atoms with Gasteiger partial charge in [0.1, 0.15) is 0 Å². The van der Waals surface area contributed by atoms with Crippen LogP contribution in [0, 0.1) is 0 Å². The topological polar surface area (TPSA) is 0 Å². The minimum Gasteiger partial charge on any atom is -0.0622 e. The quantitative estimate of drug-likeness (QED) is 0.140. The Morgan fingerprint density at radius 2 is 0.382 bits per heavy atom. The molecule has 0 N–H and O–H groups in total. The van der Waals surface area contributed by atoms with Crippen molar-refractivity contribution in [3.63, 3.8) is 0 Å². The van der Waals surface area contributed by atoms with Crippen molar-refractivity contribution in [2.24, 2.45) is 0 Å². The summed E-state index contributed by atoms with van der Waals surface area (Å²) in [4.78, 5) is 0. The zero-order valence-electron chi connectivity index (χ0n) is 37.4. The SMILES string of the molecule is c1ccc(-c2ccc(-c3cccc(-c4cc(-c5c6ccccc6c(-c6ccccc6)c6ccccc56)cc(-c5c6ccccc6c(-c6ccccc6)c6ccccc56)c4)c3)c3ccccc23)cc1. The number of benzene rings is 13. The highest BCUT2D eigenvalue weighted by atomic mass is 14.2. The molecule has 0 aliphatic rings. The van der Waals surface area contributed by atoms with Crippen molar-refractivity contribution in [1.82, 2.24) is 0 Å². The molecular weight excluding hydrogens is 817 g/mol. The van der Waals surface area contributed by atoms with Crippen molar-refractivity contribution >= 4 is 53.9 Å². The van der Waals surface area contributed by atoms with Gasteiger partial charge in [0.25, 0.3) is 0 Å². The van der Waals surface area contributed by atoms with Crippen LogP contribution in [-0.4, -0.2) is 0 Å². The molecule has 0 heterocycles. The van der Waals surface area contributed by atoms with Crippen molar-refractivity contribution < 1.29 is 0 Å². The Bertz CT molecular complexity index is 3760. The molecule has 0 aromatic heterocycles. The van der Waals surface area contributed by atoms with Crippen LogP contribution in [0.5, 0.6) is 0 Å². The van der Waals surface area contributed by atoms with Crippen LogP contribution in [0.25, 0.3) is 132 Å². The van der Waals surface area contributed by atoms with Gasteiger partial charge in [0.2, 0.25) is 0 Å². The lowest BCUT2D eigenvalue weighted by molar-refractivity contribution is 1.59. The molecule has 0 saturated heterocycles. The van der Waals surface area contributed by atoms with Gasteiger partial charge in [-0.05, 0) is 156 Å². The largest absolute Gasteiger partial charge is 0.0622 e. The van der Waals surface area contributed by atoms with E-state index < -0.39 is 0 Å². The second-order valence-corrected chi connectivity index (χ2v) is 17.9. The molecule has 68 heavy (non-hydrogen) atoms. The molecule has 0 spiro atoms. The van der Waals surface area contributed by atoms with Crippen LogP contribution in [-0.2, 0) is 0 Å². The number of rotatable bonds is 7. The monoisotopic (exact) mass is 860 g/mol. The van der Waals surface area contributed by atoms with Crippen molar-refractivity contribution in [3.05, 3.63) is 267 Å². The fourth-order valence-corrected chi connectivity index (χ4v) is 11.1. The summed E-state index contributed by atoms with van der Waals surface area (Å²) in [5, 5.41) is 12.4. The van der Waals surface area contributed by atoms with E-state index in [1.807, 2.05) is 0 Å². The molecule has 0 aliphatic carbocycles. The third-order valence-corrected chi connectivity index (χ3v) is 14.0. The maximum Gasteiger partial charge on any atom is -0.00259 e. The molecule has 0 amide bonds. The van der Waals surface area contributed by atoms with Gasteiger partial charge in [-0.15, -0.1) is 0 Å². The van der Waals surface area contributed by atoms with E-state index in [0.29, 0.717) is 0 Å². The van der Waals surface area contributed by atoms with Crippen LogP contribution in [0.2, 0.25) is 0 Å². The van der Waals surface area contributed by atoms with Crippen molar-refractivity contribution in [3.8, 4) is 77.9 Å². The van der Waals surface area contributed by atoms with Crippen LogP contribution in [0.4, 0.5) is 0 Å². The van der Waals surface area contributed by atoms with E-state index in [9.17, 15) is 0 Å². The lowest BCUT2D eigenvalue weighted by atomic mass is 9.82. The smallest absolute Gasteiger partial charge is 0.00259 e. The molecule has 13 aromatic carbocycles. The average Bonchev–Trinajstić information content (AvgIpc) is 3.42. The first-order valence-corrected chi connectivity index (χ1v) is 23.6. The second-order valence-electron chi connectivity index (χ2n) is 17.9. The zero-order chi connectivity index (χ0) is 45.0. The Morgan fingerprint density at radius 1 is 0.132 bits per heavy atom. The predicted octanol–water partition coefficient (Wildman–Crippen LogP) is 19.1. The fraction of sp³-hybridized carbons (Fsp3) is 0. The summed E-state index contributed by atoms with van der Waals surface area (Å²) >= 11 is 0.